The van der Waals surface area contributed by atoms with Crippen LogP contribution in [-0.2, 0) is 4.79 Å². The minimum Gasteiger partial charge on any atom is -0.356 e. The molecule has 1 saturated heterocycles. The van der Waals surface area contributed by atoms with E-state index >= 15 is 0 Å². The summed E-state index contributed by atoms with van der Waals surface area (Å²) in [4.78, 5) is 12.1. The molecule has 0 radical (unpaired) electrons. The molecule has 17 heavy (non-hydrogen) atoms. The second kappa shape index (κ2) is 6.66. The molecule has 1 fully saturated rings. The van der Waals surface area contributed by atoms with Gasteiger partial charge in [0.25, 0.3) is 0 Å². The average Bonchev–Trinajstić information content (AvgIpc) is 2.35. The molecule has 1 heterocycles. The van der Waals surface area contributed by atoms with E-state index in [-0.39, 0.29) is 11.3 Å². The summed E-state index contributed by atoms with van der Waals surface area (Å²) in [6.07, 6.45) is 9.07. The SMILES string of the molecule is C#CCCCNC(=O)C(C)(C)C1CCCNC1. The fourth-order valence-electron chi connectivity index (χ4n) is 2.27. The number of unbranched alkanes of at least 4 members (excludes halogenated alkanes) is 1. The largest absolute Gasteiger partial charge is 0.356 e. The number of nitrogens with one attached hydrogen (secondary N) is 2. The predicted octanol–water partition coefficient (Wildman–Crippen LogP) is 1.54. The van der Waals surface area contributed by atoms with Crippen LogP contribution in [0.5, 0.6) is 0 Å². The van der Waals surface area contributed by atoms with Crippen molar-refractivity contribution in [2.24, 2.45) is 11.3 Å². The number of carbonyl (C=O) groups is 1. The monoisotopic (exact) mass is 236 g/mol. The Kier molecular flexibility index (Phi) is 5.50. The predicted molar refractivity (Wildman–Crippen MR) is 70.5 cm³/mol. The molecule has 0 spiro atoms. The first-order valence-corrected chi connectivity index (χ1v) is 6.51. The summed E-state index contributed by atoms with van der Waals surface area (Å²) in [7, 11) is 0. The van der Waals surface area contributed by atoms with Crippen LogP contribution in [0.25, 0.3) is 0 Å². The van der Waals surface area contributed by atoms with Gasteiger partial charge in [0.05, 0.1) is 0 Å². The van der Waals surface area contributed by atoms with Crippen molar-refractivity contribution in [1.82, 2.24) is 10.6 Å². The van der Waals surface area contributed by atoms with Gasteiger partial charge in [0.2, 0.25) is 5.91 Å². The lowest BCUT2D eigenvalue weighted by Crippen LogP contribution is -2.47. The molecular formula is C14H24N2O. The van der Waals surface area contributed by atoms with Crippen LogP contribution in [0.2, 0.25) is 0 Å². The summed E-state index contributed by atoms with van der Waals surface area (Å²) in [6.45, 7) is 6.80. The van der Waals surface area contributed by atoms with Crippen LogP contribution in [-0.4, -0.2) is 25.5 Å². The molecule has 0 aliphatic carbocycles. The Morgan fingerprint density at radius 3 is 2.94 bits per heavy atom. The second-order valence-electron chi connectivity index (χ2n) is 5.33. The van der Waals surface area contributed by atoms with E-state index in [2.05, 4.69) is 16.6 Å². The maximum absolute atomic E-state index is 12.1. The lowest BCUT2D eigenvalue weighted by molar-refractivity contribution is -0.132. The standard InChI is InChI=1S/C14H24N2O/c1-4-5-6-10-16-13(17)14(2,3)12-8-7-9-15-11-12/h1,12,15H,5-11H2,2-3H3,(H,16,17). The van der Waals surface area contributed by atoms with Gasteiger partial charge in [0.15, 0.2) is 0 Å². The van der Waals surface area contributed by atoms with Gasteiger partial charge in [-0.2, -0.15) is 0 Å². The number of carbonyl (C=O) groups excluding carboxylic acids is 1. The molecule has 3 heteroatoms. The molecule has 1 amide bonds. The molecule has 1 unspecified atom stereocenters. The van der Waals surface area contributed by atoms with E-state index in [9.17, 15) is 4.79 Å². The Bertz CT molecular complexity index is 285. The van der Waals surface area contributed by atoms with Crippen molar-refractivity contribution in [3.8, 4) is 12.3 Å². The zero-order chi connectivity index (χ0) is 12.7. The van der Waals surface area contributed by atoms with Gasteiger partial charge in [-0.1, -0.05) is 13.8 Å². The van der Waals surface area contributed by atoms with Gasteiger partial charge in [-0.25, -0.2) is 0 Å². The van der Waals surface area contributed by atoms with E-state index in [1.165, 1.54) is 6.42 Å². The highest BCUT2D eigenvalue weighted by atomic mass is 16.2. The van der Waals surface area contributed by atoms with Gasteiger partial charge in [0, 0.05) is 18.4 Å². The number of hydrogen-bond acceptors (Lipinski definition) is 2. The van der Waals surface area contributed by atoms with Crippen molar-refractivity contribution in [3.05, 3.63) is 0 Å². The van der Waals surface area contributed by atoms with E-state index in [0.29, 0.717) is 12.5 Å². The zero-order valence-corrected chi connectivity index (χ0v) is 11.0. The highest BCUT2D eigenvalue weighted by molar-refractivity contribution is 5.82. The quantitative estimate of drug-likeness (QED) is 0.561. The first-order valence-electron chi connectivity index (χ1n) is 6.51. The maximum atomic E-state index is 12.1. The van der Waals surface area contributed by atoms with Crippen LogP contribution in [0.3, 0.4) is 0 Å². The molecular weight excluding hydrogens is 212 g/mol. The third-order valence-corrected chi connectivity index (χ3v) is 3.69. The highest BCUT2D eigenvalue weighted by Gasteiger charge is 2.36. The number of rotatable bonds is 5. The Labute approximate surface area is 105 Å². The normalized spacial score (nSPS) is 20.6. The molecule has 1 aliphatic rings. The molecule has 1 rings (SSSR count). The van der Waals surface area contributed by atoms with E-state index in [0.717, 1.165) is 32.4 Å². The highest BCUT2D eigenvalue weighted by Crippen LogP contribution is 2.31. The molecule has 0 aromatic heterocycles. The molecule has 2 N–H and O–H groups in total. The topological polar surface area (TPSA) is 41.1 Å². The number of piperidine rings is 1. The fourth-order valence-corrected chi connectivity index (χ4v) is 2.27. The van der Waals surface area contributed by atoms with Gasteiger partial charge >= 0.3 is 0 Å². The van der Waals surface area contributed by atoms with Crippen molar-refractivity contribution in [3.63, 3.8) is 0 Å². The van der Waals surface area contributed by atoms with Crippen LogP contribution in [0, 0.1) is 23.7 Å². The molecule has 0 aromatic carbocycles. The summed E-state index contributed by atoms with van der Waals surface area (Å²) in [6, 6.07) is 0. The van der Waals surface area contributed by atoms with Crippen LogP contribution in [0.1, 0.15) is 39.5 Å². The minimum atomic E-state index is -0.288. The first kappa shape index (κ1) is 14.1. The van der Waals surface area contributed by atoms with E-state index in [1.807, 2.05) is 13.8 Å². The van der Waals surface area contributed by atoms with Crippen molar-refractivity contribution in [2.45, 2.75) is 39.5 Å². The number of hydrogen-bond donors (Lipinski definition) is 2. The van der Waals surface area contributed by atoms with Gasteiger partial charge in [-0.05, 0) is 38.3 Å². The summed E-state index contributed by atoms with van der Waals surface area (Å²) < 4.78 is 0. The average molecular weight is 236 g/mol. The van der Waals surface area contributed by atoms with Gasteiger partial charge in [-0.15, -0.1) is 12.3 Å². The third-order valence-electron chi connectivity index (χ3n) is 3.69. The Morgan fingerprint density at radius 2 is 2.35 bits per heavy atom. The summed E-state index contributed by atoms with van der Waals surface area (Å²) in [5.41, 5.74) is -0.288. The van der Waals surface area contributed by atoms with Gasteiger partial charge in [-0.3, -0.25) is 4.79 Å². The van der Waals surface area contributed by atoms with E-state index in [4.69, 9.17) is 6.42 Å². The maximum Gasteiger partial charge on any atom is 0.225 e. The van der Waals surface area contributed by atoms with Gasteiger partial charge in [0.1, 0.15) is 0 Å². The van der Waals surface area contributed by atoms with E-state index in [1.54, 1.807) is 0 Å². The van der Waals surface area contributed by atoms with E-state index < -0.39 is 0 Å². The molecule has 0 saturated carbocycles. The van der Waals surface area contributed by atoms with Gasteiger partial charge < -0.3 is 10.6 Å². The molecule has 3 nitrogen and oxygen atoms in total. The smallest absolute Gasteiger partial charge is 0.225 e. The van der Waals surface area contributed by atoms with Crippen molar-refractivity contribution in [2.75, 3.05) is 19.6 Å². The zero-order valence-electron chi connectivity index (χ0n) is 11.0. The molecule has 96 valence electrons. The molecule has 1 atom stereocenters. The van der Waals surface area contributed by atoms with Crippen LogP contribution in [0.4, 0.5) is 0 Å². The summed E-state index contributed by atoms with van der Waals surface area (Å²) >= 11 is 0. The lowest BCUT2D eigenvalue weighted by atomic mass is 9.74. The number of amides is 1. The second-order valence-corrected chi connectivity index (χ2v) is 5.33. The lowest BCUT2D eigenvalue weighted by Gasteiger charge is -2.36. The van der Waals surface area contributed by atoms with Crippen molar-refractivity contribution < 1.29 is 4.79 Å². The van der Waals surface area contributed by atoms with Crippen LogP contribution >= 0.6 is 0 Å². The molecule has 1 aliphatic heterocycles. The summed E-state index contributed by atoms with van der Waals surface area (Å²) in [5.74, 6) is 3.17. The minimum absolute atomic E-state index is 0.156. The third kappa shape index (κ3) is 4.05. The summed E-state index contributed by atoms with van der Waals surface area (Å²) in [5, 5.41) is 6.36. The Hall–Kier alpha value is -1.01. The number of terminal acetylenes is 1. The van der Waals surface area contributed by atoms with Crippen LogP contribution in [0.15, 0.2) is 0 Å². The Morgan fingerprint density at radius 1 is 1.59 bits per heavy atom. The fraction of sp³-hybridized carbons (Fsp3) is 0.786. The van der Waals surface area contributed by atoms with Crippen LogP contribution < -0.4 is 10.6 Å². The first-order chi connectivity index (χ1) is 8.09. The van der Waals surface area contributed by atoms with Crippen molar-refractivity contribution in [1.29, 1.82) is 0 Å². The van der Waals surface area contributed by atoms with Crippen molar-refractivity contribution >= 4 is 5.91 Å². The Balaban J connectivity index is 2.39. The molecule has 0 aromatic rings. The molecule has 0 bridgehead atoms.